The molecule has 1 atom stereocenters. The van der Waals surface area contributed by atoms with Crippen LogP contribution in [0.25, 0.3) is 0 Å². The molecule has 0 spiro atoms. The monoisotopic (exact) mass is 401 g/mol. The van der Waals surface area contributed by atoms with Crippen LogP contribution in [-0.4, -0.2) is 35.7 Å². The Labute approximate surface area is 172 Å². The van der Waals surface area contributed by atoms with E-state index in [1.54, 1.807) is 0 Å². The molecule has 3 rings (SSSR count). The SMILES string of the molecule is CCOc1ccc(Cl)cc1C(c1cc(C)cc(C)c1)N1CCC(C(=O)O)CC1. The Morgan fingerprint density at radius 1 is 1.18 bits per heavy atom. The van der Waals surface area contributed by atoms with Gasteiger partial charge in [0.05, 0.1) is 18.6 Å². The number of hydrogen-bond donors (Lipinski definition) is 1. The number of likely N-dealkylation sites (tertiary alicyclic amines) is 1. The van der Waals surface area contributed by atoms with Crippen LogP contribution < -0.4 is 4.74 Å². The zero-order valence-electron chi connectivity index (χ0n) is 16.7. The number of nitrogens with zero attached hydrogens (tertiary/aromatic N) is 1. The van der Waals surface area contributed by atoms with Gasteiger partial charge in [0.25, 0.3) is 0 Å². The van der Waals surface area contributed by atoms with Crippen LogP contribution in [0.5, 0.6) is 5.75 Å². The van der Waals surface area contributed by atoms with Crippen molar-refractivity contribution in [1.82, 2.24) is 4.90 Å². The Kier molecular flexibility index (Phi) is 6.63. The molecule has 28 heavy (non-hydrogen) atoms. The molecule has 5 heteroatoms. The fourth-order valence-electron chi connectivity index (χ4n) is 4.18. The van der Waals surface area contributed by atoms with E-state index in [1.807, 2.05) is 25.1 Å². The van der Waals surface area contributed by atoms with E-state index in [9.17, 15) is 9.90 Å². The Morgan fingerprint density at radius 3 is 2.39 bits per heavy atom. The Hall–Kier alpha value is -2.04. The minimum absolute atomic E-state index is 0.0198. The standard InChI is InChI=1S/C23H28ClNO3/c1-4-28-21-6-5-19(24)14-20(21)22(18-12-15(2)11-16(3)13-18)25-9-7-17(8-10-25)23(26)27/h5-6,11-14,17,22H,4,7-10H2,1-3H3,(H,26,27). The van der Waals surface area contributed by atoms with Crippen molar-refractivity contribution in [3.8, 4) is 5.75 Å². The van der Waals surface area contributed by atoms with Gasteiger partial charge in [0, 0.05) is 10.6 Å². The van der Waals surface area contributed by atoms with Crippen molar-refractivity contribution in [2.45, 2.75) is 39.7 Å². The van der Waals surface area contributed by atoms with Crippen LogP contribution in [0, 0.1) is 19.8 Å². The molecule has 0 aliphatic carbocycles. The maximum atomic E-state index is 11.4. The molecule has 0 saturated carbocycles. The van der Waals surface area contributed by atoms with Gasteiger partial charge >= 0.3 is 5.97 Å². The molecular formula is C23H28ClNO3. The van der Waals surface area contributed by atoms with E-state index in [-0.39, 0.29) is 12.0 Å². The molecule has 2 aromatic carbocycles. The van der Waals surface area contributed by atoms with Gasteiger partial charge in [-0.25, -0.2) is 0 Å². The summed E-state index contributed by atoms with van der Waals surface area (Å²) < 4.78 is 5.93. The van der Waals surface area contributed by atoms with Crippen LogP contribution in [0.3, 0.4) is 0 Å². The molecule has 1 N–H and O–H groups in total. The zero-order chi connectivity index (χ0) is 20.3. The number of hydrogen-bond acceptors (Lipinski definition) is 3. The van der Waals surface area contributed by atoms with Gasteiger partial charge in [-0.05, 0) is 70.5 Å². The highest BCUT2D eigenvalue weighted by Crippen LogP contribution is 2.39. The fraction of sp³-hybridized carbons (Fsp3) is 0.435. The first-order valence-corrected chi connectivity index (χ1v) is 10.2. The van der Waals surface area contributed by atoms with Gasteiger partial charge in [0.1, 0.15) is 5.75 Å². The van der Waals surface area contributed by atoms with Gasteiger partial charge in [-0.15, -0.1) is 0 Å². The Bertz CT molecular complexity index is 823. The fourth-order valence-corrected chi connectivity index (χ4v) is 4.36. The van der Waals surface area contributed by atoms with E-state index >= 15 is 0 Å². The van der Waals surface area contributed by atoms with Crippen LogP contribution in [-0.2, 0) is 4.79 Å². The maximum Gasteiger partial charge on any atom is 0.306 e. The number of benzene rings is 2. The molecule has 150 valence electrons. The average Bonchev–Trinajstić information content (AvgIpc) is 2.64. The Morgan fingerprint density at radius 2 is 1.82 bits per heavy atom. The van der Waals surface area contributed by atoms with Gasteiger partial charge in [0.2, 0.25) is 0 Å². The van der Waals surface area contributed by atoms with Crippen molar-refractivity contribution < 1.29 is 14.6 Å². The number of carbonyl (C=O) groups is 1. The third-order valence-corrected chi connectivity index (χ3v) is 5.61. The summed E-state index contributed by atoms with van der Waals surface area (Å²) in [5.41, 5.74) is 4.64. The first-order valence-electron chi connectivity index (χ1n) is 9.86. The smallest absolute Gasteiger partial charge is 0.306 e. The molecule has 1 heterocycles. The number of rotatable bonds is 6. The molecule has 1 saturated heterocycles. The molecule has 0 radical (unpaired) electrons. The first kappa shape index (κ1) is 20.7. The minimum atomic E-state index is -0.694. The van der Waals surface area contributed by atoms with Crippen molar-refractivity contribution in [1.29, 1.82) is 0 Å². The largest absolute Gasteiger partial charge is 0.494 e. The molecule has 2 aromatic rings. The van der Waals surface area contributed by atoms with Gasteiger partial charge in [0.15, 0.2) is 0 Å². The lowest BCUT2D eigenvalue weighted by Crippen LogP contribution is -2.39. The quantitative estimate of drug-likeness (QED) is 0.718. The first-order chi connectivity index (χ1) is 13.4. The number of ether oxygens (including phenoxy) is 1. The van der Waals surface area contributed by atoms with Gasteiger partial charge in [-0.2, -0.15) is 0 Å². The molecule has 1 aliphatic rings. The van der Waals surface area contributed by atoms with E-state index in [0.29, 0.717) is 24.5 Å². The summed E-state index contributed by atoms with van der Waals surface area (Å²) >= 11 is 6.36. The summed E-state index contributed by atoms with van der Waals surface area (Å²) in [6, 6.07) is 12.3. The molecule has 1 unspecified atom stereocenters. The molecule has 1 fully saturated rings. The molecule has 0 bridgehead atoms. The van der Waals surface area contributed by atoms with E-state index in [0.717, 1.165) is 24.4 Å². The summed E-state index contributed by atoms with van der Waals surface area (Å²) in [5.74, 6) is -0.126. The van der Waals surface area contributed by atoms with E-state index in [1.165, 1.54) is 16.7 Å². The Balaban J connectivity index is 2.05. The normalized spacial score (nSPS) is 16.7. The van der Waals surface area contributed by atoms with Crippen LogP contribution in [0.4, 0.5) is 0 Å². The van der Waals surface area contributed by atoms with Crippen LogP contribution in [0.2, 0.25) is 5.02 Å². The summed E-state index contributed by atoms with van der Waals surface area (Å²) in [5, 5.41) is 10.0. The van der Waals surface area contributed by atoms with E-state index < -0.39 is 5.97 Å². The second-order valence-corrected chi connectivity index (χ2v) is 8.02. The number of carboxylic acid groups (broad SMARTS) is 1. The highest BCUT2D eigenvalue weighted by molar-refractivity contribution is 6.30. The third kappa shape index (κ3) is 4.68. The predicted octanol–water partition coefficient (Wildman–Crippen LogP) is 5.24. The average molecular weight is 402 g/mol. The number of carboxylic acids is 1. The lowest BCUT2D eigenvalue weighted by atomic mass is 9.89. The van der Waals surface area contributed by atoms with Crippen LogP contribution in [0.1, 0.15) is 48.1 Å². The van der Waals surface area contributed by atoms with Gasteiger partial charge < -0.3 is 9.84 Å². The highest BCUT2D eigenvalue weighted by Gasteiger charge is 2.32. The lowest BCUT2D eigenvalue weighted by Gasteiger charge is -2.38. The second-order valence-electron chi connectivity index (χ2n) is 7.59. The lowest BCUT2D eigenvalue weighted by molar-refractivity contribution is -0.143. The van der Waals surface area contributed by atoms with Crippen molar-refractivity contribution in [3.05, 3.63) is 63.7 Å². The summed E-state index contributed by atoms with van der Waals surface area (Å²) in [7, 11) is 0. The molecule has 1 aliphatic heterocycles. The van der Waals surface area contributed by atoms with Crippen LogP contribution >= 0.6 is 11.6 Å². The van der Waals surface area contributed by atoms with Crippen molar-refractivity contribution in [3.63, 3.8) is 0 Å². The maximum absolute atomic E-state index is 11.4. The van der Waals surface area contributed by atoms with Crippen molar-refractivity contribution in [2.75, 3.05) is 19.7 Å². The number of aryl methyl sites for hydroxylation is 2. The second kappa shape index (κ2) is 8.97. The van der Waals surface area contributed by atoms with Gasteiger partial charge in [-0.3, -0.25) is 9.69 Å². The summed E-state index contributed by atoms with van der Waals surface area (Å²) in [6.07, 6.45) is 1.31. The van der Waals surface area contributed by atoms with E-state index in [4.69, 9.17) is 16.3 Å². The predicted molar refractivity (Wildman–Crippen MR) is 112 cm³/mol. The van der Waals surface area contributed by atoms with Crippen molar-refractivity contribution in [2.24, 2.45) is 5.92 Å². The molecular weight excluding hydrogens is 374 g/mol. The summed E-state index contributed by atoms with van der Waals surface area (Å²) in [4.78, 5) is 13.8. The number of halogens is 1. The topological polar surface area (TPSA) is 49.8 Å². The summed E-state index contributed by atoms with van der Waals surface area (Å²) in [6.45, 7) is 8.22. The van der Waals surface area contributed by atoms with Crippen LogP contribution in [0.15, 0.2) is 36.4 Å². The molecule has 4 nitrogen and oxygen atoms in total. The van der Waals surface area contributed by atoms with Crippen molar-refractivity contribution >= 4 is 17.6 Å². The molecule has 0 amide bonds. The van der Waals surface area contributed by atoms with Gasteiger partial charge in [-0.1, -0.05) is 40.9 Å². The number of piperidine rings is 1. The molecule has 0 aromatic heterocycles. The number of aliphatic carboxylic acids is 1. The zero-order valence-corrected chi connectivity index (χ0v) is 17.5. The van der Waals surface area contributed by atoms with E-state index in [2.05, 4.69) is 36.9 Å². The minimum Gasteiger partial charge on any atom is -0.494 e. The third-order valence-electron chi connectivity index (χ3n) is 5.37. The highest BCUT2D eigenvalue weighted by atomic mass is 35.5.